The molecule has 1 aromatic carbocycles. The summed E-state index contributed by atoms with van der Waals surface area (Å²) in [5.41, 5.74) is 0.851. The van der Waals surface area contributed by atoms with Crippen LogP contribution in [-0.2, 0) is 14.6 Å². The SMILES string of the molecule is Nc1cc(S(=O)(=O)C(F)(F)F)ccc1N1CCOCC1. The highest BCUT2D eigenvalue weighted by atomic mass is 32.2. The van der Waals surface area contributed by atoms with E-state index in [1.54, 1.807) is 0 Å². The Morgan fingerprint density at radius 2 is 1.80 bits per heavy atom. The second-order valence-electron chi connectivity index (χ2n) is 4.27. The first kappa shape index (κ1) is 14.9. The summed E-state index contributed by atoms with van der Waals surface area (Å²) in [4.78, 5) is 0.988. The number of anilines is 2. The van der Waals surface area contributed by atoms with Gasteiger partial charge < -0.3 is 15.4 Å². The van der Waals surface area contributed by atoms with Gasteiger partial charge in [-0.1, -0.05) is 0 Å². The summed E-state index contributed by atoms with van der Waals surface area (Å²) in [6, 6.07) is 3.05. The molecule has 0 bridgehead atoms. The fourth-order valence-electron chi connectivity index (χ4n) is 1.93. The van der Waals surface area contributed by atoms with Crippen molar-refractivity contribution in [1.82, 2.24) is 0 Å². The summed E-state index contributed by atoms with van der Waals surface area (Å²) in [5, 5.41) is 0. The molecule has 9 heteroatoms. The first-order chi connectivity index (χ1) is 9.23. The van der Waals surface area contributed by atoms with E-state index in [1.807, 2.05) is 4.90 Å². The molecular formula is C11H13F3N2O3S. The average molecular weight is 310 g/mol. The summed E-state index contributed by atoms with van der Waals surface area (Å²) in [6.45, 7) is 2.08. The summed E-state index contributed by atoms with van der Waals surface area (Å²) in [5.74, 6) is 0. The van der Waals surface area contributed by atoms with Crippen molar-refractivity contribution in [3.05, 3.63) is 18.2 Å². The zero-order chi connectivity index (χ0) is 15.0. The molecule has 112 valence electrons. The predicted octanol–water partition coefficient (Wildman–Crippen LogP) is 1.40. The second kappa shape index (κ2) is 5.13. The van der Waals surface area contributed by atoms with Gasteiger partial charge in [0.05, 0.1) is 29.5 Å². The number of ether oxygens (including phenoxy) is 1. The van der Waals surface area contributed by atoms with Crippen molar-refractivity contribution in [3.8, 4) is 0 Å². The molecule has 0 atom stereocenters. The zero-order valence-corrected chi connectivity index (χ0v) is 11.2. The number of halogens is 3. The van der Waals surface area contributed by atoms with Gasteiger partial charge in [-0.3, -0.25) is 0 Å². The van der Waals surface area contributed by atoms with Crippen molar-refractivity contribution in [3.63, 3.8) is 0 Å². The summed E-state index contributed by atoms with van der Waals surface area (Å²) >= 11 is 0. The maximum absolute atomic E-state index is 12.5. The van der Waals surface area contributed by atoms with E-state index in [2.05, 4.69) is 0 Å². The number of hydrogen-bond acceptors (Lipinski definition) is 5. The molecule has 0 unspecified atom stereocenters. The number of nitrogen functional groups attached to an aromatic ring is 1. The zero-order valence-electron chi connectivity index (χ0n) is 10.4. The molecule has 1 saturated heterocycles. The third-order valence-electron chi connectivity index (χ3n) is 2.97. The Labute approximate surface area is 114 Å². The van der Waals surface area contributed by atoms with Crippen LogP contribution in [0.3, 0.4) is 0 Å². The molecule has 0 spiro atoms. The van der Waals surface area contributed by atoms with Crippen LogP contribution in [0.1, 0.15) is 0 Å². The van der Waals surface area contributed by atoms with Crippen molar-refractivity contribution < 1.29 is 26.3 Å². The van der Waals surface area contributed by atoms with Crippen LogP contribution in [-0.4, -0.2) is 40.2 Å². The standard InChI is InChI=1S/C11H13F3N2O3S/c12-11(13,14)20(17,18)8-1-2-10(9(15)7-8)16-3-5-19-6-4-16/h1-2,7H,3-6,15H2. The van der Waals surface area contributed by atoms with Crippen LogP contribution in [0, 0.1) is 0 Å². The van der Waals surface area contributed by atoms with E-state index in [1.165, 1.54) is 6.07 Å². The quantitative estimate of drug-likeness (QED) is 0.836. The lowest BCUT2D eigenvalue weighted by atomic mass is 10.2. The Morgan fingerprint density at radius 3 is 2.30 bits per heavy atom. The molecule has 2 N–H and O–H groups in total. The van der Waals surface area contributed by atoms with E-state index in [4.69, 9.17) is 10.5 Å². The molecule has 0 amide bonds. The third-order valence-corrected chi connectivity index (χ3v) is 4.45. The lowest BCUT2D eigenvalue weighted by molar-refractivity contribution is -0.0435. The normalized spacial score (nSPS) is 17.2. The van der Waals surface area contributed by atoms with Crippen molar-refractivity contribution in [2.45, 2.75) is 10.4 Å². The number of nitrogens with zero attached hydrogens (tertiary/aromatic N) is 1. The van der Waals surface area contributed by atoms with Crippen LogP contribution in [0.5, 0.6) is 0 Å². The molecule has 0 aliphatic carbocycles. The van der Waals surface area contributed by atoms with Gasteiger partial charge in [-0.25, -0.2) is 8.42 Å². The van der Waals surface area contributed by atoms with Crippen LogP contribution in [0.2, 0.25) is 0 Å². The van der Waals surface area contributed by atoms with Crippen LogP contribution < -0.4 is 10.6 Å². The fourth-order valence-corrected chi connectivity index (χ4v) is 2.72. The van der Waals surface area contributed by atoms with Crippen LogP contribution in [0.4, 0.5) is 24.5 Å². The highest BCUT2D eigenvalue weighted by Crippen LogP contribution is 2.34. The van der Waals surface area contributed by atoms with Gasteiger partial charge in [0, 0.05) is 13.1 Å². The molecule has 1 aliphatic heterocycles. The molecule has 20 heavy (non-hydrogen) atoms. The summed E-state index contributed by atoms with van der Waals surface area (Å²) in [7, 11) is -5.37. The first-order valence-corrected chi connectivity index (χ1v) is 7.25. The average Bonchev–Trinajstić information content (AvgIpc) is 2.38. The predicted molar refractivity (Wildman–Crippen MR) is 67.1 cm³/mol. The lowest BCUT2D eigenvalue weighted by Gasteiger charge is -2.30. The summed E-state index contributed by atoms with van der Waals surface area (Å²) < 4.78 is 65.1. The van der Waals surface area contributed by atoms with E-state index in [0.717, 1.165) is 12.1 Å². The minimum Gasteiger partial charge on any atom is -0.397 e. The molecule has 1 aliphatic rings. The molecule has 0 saturated carbocycles. The van der Waals surface area contributed by atoms with Gasteiger partial charge in [0.25, 0.3) is 9.84 Å². The molecule has 0 radical (unpaired) electrons. The third kappa shape index (κ3) is 2.68. The Hall–Kier alpha value is -1.48. The maximum Gasteiger partial charge on any atom is 0.501 e. The van der Waals surface area contributed by atoms with Gasteiger partial charge in [0.1, 0.15) is 0 Å². The van der Waals surface area contributed by atoms with Gasteiger partial charge in [-0.15, -0.1) is 0 Å². The van der Waals surface area contributed by atoms with Gasteiger partial charge in [-0.05, 0) is 18.2 Å². The topological polar surface area (TPSA) is 72.6 Å². The lowest BCUT2D eigenvalue weighted by Crippen LogP contribution is -2.36. The summed E-state index contributed by atoms with van der Waals surface area (Å²) in [6.07, 6.45) is 0. The van der Waals surface area contributed by atoms with Crippen molar-refractivity contribution in [2.24, 2.45) is 0 Å². The van der Waals surface area contributed by atoms with Gasteiger partial charge in [0.15, 0.2) is 0 Å². The van der Waals surface area contributed by atoms with Crippen LogP contribution in [0.25, 0.3) is 0 Å². The number of morpholine rings is 1. The molecule has 5 nitrogen and oxygen atoms in total. The molecule has 0 aromatic heterocycles. The van der Waals surface area contributed by atoms with E-state index >= 15 is 0 Å². The molecular weight excluding hydrogens is 297 g/mol. The Kier molecular flexibility index (Phi) is 3.83. The molecule has 1 heterocycles. The first-order valence-electron chi connectivity index (χ1n) is 5.77. The number of alkyl halides is 3. The Bertz CT molecular complexity index is 595. The van der Waals surface area contributed by atoms with E-state index in [-0.39, 0.29) is 5.69 Å². The highest BCUT2D eigenvalue weighted by molar-refractivity contribution is 7.92. The van der Waals surface area contributed by atoms with Gasteiger partial charge in [-0.2, -0.15) is 13.2 Å². The smallest absolute Gasteiger partial charge is 0.397 e. The minimum absolute atomic E-state index is 0.00257. The Morgan fingerprint density at radius 1 is 1.20 bits per heavy atom. The largest absolute Gasteiger partial charge is 0.501 e. The number of sulfone groups is 1. The van der Waals surface area contributed by atoms with Gasteiger partial charge in [0.2, 0.25) is 0 Å². The number of benzene rings is 1. The van der Waals surface area contributed by atoms with Crippen LogP contribution in [0.15, 0.2) is 23.1 Å². The van der Waals surface area contributed by atoms with Crippen molar-refractivity contribution in [2.75, 3.05) is 36.9 Å². The molecule has 1 fully saturated rings. The van der Waals surface area contributed by atoms with Crippen LogP contribution >= 0.6 is 0 Å². The minimum atomic E-state index is -5.37. The van der Waals surface area contributed by atoms with Crippen molar-refractivity contribution in [1.29, 1.82) is 0 Å². The fraction of sp³-hybridized carbons (Fsp3) is 0.455. The maximum atomic E-state index is 12.5. The van der Waals surface area contributed by atoms with Crippen molar-refractivity contribution >= 4 is 21.2 Å². The molecule has 1 aromatic rings. The van der Waals surface area contributed by atoms with E-state index in [9.17, 15) is 21.6 Å². The monoisotopic (exact) mass is 310 g/mol. The number of hydrogen-bond donors (Lipinski definition) is 1. The molecule has 2 rings (SSSR count). The second-order valence-corrected chi connectivity index (χ2v) is 6.21. The Balaban J connectivity index is 2.35. The number of nitrogens with two attached hydrogens (primary N) is 1. The van der Waals surface area contributed by atoms with E-state index < -0.39 is 20.2 Å². The van der Waals surface area contributed by atoms with E-state index in [0.29, 0.717) is 32.0 Å². The number of rotatable bonds is 2. The van der Waals surface area contributed by atoms with Gasteiger partial charge >= 0.3 is 5.51 Å². The highest BCUT2D eigenvalue weighted by Gasteiger charge is 2.47.